The molecule has 0 spiro atoms. The molecular weight excluding hydrogens is 645 g/mol. The Morgan fingerprint density at radius 2 is 1.50 bits per heavy atom. The maximum atomic E-state index is 14.0. The van der Waals surface area contributed by atoms with E-state index in [1.807, 2.05) is 24.3 Å². The topological polar surface area (TPSA) is 79.3 Å². The first-order chi connectivity index (χ1) is 24.5. The van der Waals surface area contributed by atoms with Gasteiger partial charge in [-0.2, -0.15) is 9.35 Å². The molecule has 0 bridgehead atoms. The van der Waals surface area contributed by atoms with Crippen LogP contribution in [0.5, 0.6) is 11.5 Å². The van der Waals surface area contributed by atoms with E-state index in [1.165, 1.54) is 28.0 Å². The molecule has 3 heterocycles. The lowest BCUT2D eigenvalue weighted by Gasteiger charge is -2.28. The zero-order valence-electron chi connectivity index (χ0n) is 27.5. The van der Waals surface area contributed by atoms with Crippen LogP contribution in [0.4, 0.5) is 11.4 Å². The molecule has 1 fully saturated rings. The van der Waals surface area contributed by atoms with Crippen LogP contribution in [-0.2, 0) is 33.0 Å². The number of ether oxygens (including phenoxy) is 1. The van der Waals surface area contributed by atoms with Crippen molar-refractivity contribution in [3.05, 3.63) is 147 Å². The Hall–Kier alpha value is -5.02. The highest BCUT2D eigenvalue weighted by atomic mass is 32.2. The van der Waals surface area contributed by atoms with E-state index in [2.05, 4.69) is 89.8 Å². The van der Waals surface area contributed by atoms with Crippen LogP contribution in [-0.4, -0.2) is 40.0 Å². The van der Waals surface area contributed by atoms with Crippen molar-refractivity contribution >= 4 is 39.6 Å². The summed E-state index contributed by atoms with van der Waals surface area (Å²) >= 11 is -1.83. The summed E-state index contributed by atoms with van der Waals surface area (Å²) in [6.07, 6.45) is 3.91. The third-order valence-corrected chi connectivity index (χ3v) is 11.6. The van der Waals surface area contributed by atoms with E-state index >= 15 is 0 Å². The Morgan fingerprint density at radius 3 is 2.34 bits per heavy atom. The van der Waals surface area contributed by atoms with Crippen molar-refractivity contribution in [3.63, 3.8) is 0 Å². The molecule has 0 radical (unpaired) electrons. The molecule has 0 aromatic heterocycles. The Balaban J connectivity index is 1.17. The van der Waals surface area contributed by atoms with Crippen LogP contribution in [0.15, 0.2) is 114 Å². The minimum atomic E-state index is -1.83. The second-order valence-electron chi connectivity index (χ2n) is 13.4. The summed E-state index contributed by atoms with van der Waals surface area (Å²) in [6.45, 7) is 1.72. The van der Waals surface area contributed by atoms with Crippen molar-refractivity contribution in [1.82, 2.24) is 5.06 Å². The van der Waals surface area contributed by atoms with E-state index in [1.54, 1.807) is 5.06 Å². The number of fused-ring (bicyclic) bond motifs is 4. The Morgan fingerprint density at radius 1 is 0.740 bits per heavy atom. The van der Waals surface area contributed by atoms with Gasteiger partial charge in [0.1, 0.15) is 11.5 Å². The average Bonchev–Trinajstić information content (AvgIpc) is 3.79. The molecule has 0 saturated carbocycles. The highest BCUT2D eigenvalue weighted by molar-refractivity contribution is 7.80. The smallest absolute Gasteiger partial charge is 0.306 e. The highest BCUT2D eigenvalue weighted by Gasteiger charge is 2.30. The molecule has 4 aliphatic rings. The van der Waals surface area contributed by atoms with Gasteiger partial charge in [-0.15, -0.1) is 0 Å². The first kappa shape index (κ1) is 31.0. The van der Waals surface area contributed by atoms with Gasteiger partial charge in [-0.25, -0.2) is 4.21 Å². The molecule has 7 nitrogen and oxygen atoms in total. The number of para-hydroxylation sites is 1. The van der Waals surface area contributed by atoms with E-state index in [-0.39, 0.29) is 0 Å². The number of carboxylic acid groups (broad SMARTS) is 1. The normalized spacial score (nSPS) is 18.6. The van der Waals surface area contributed by atoms with Crippen LogP contribution in [0, 0.1) is 5.92 Å². The molecule has 50 heavy (non-hydrogen) atoms. The number of piperidine rings is 1. The van der Waals surface area contributed by atoms with Gasteiger partial charge >= 0.3 is 5.97 Å². The summed E-state index contributed by atoms with van der Waals surface area (Å²) in [5, 5.41) is 13.2. The Labute approximate surface area is 293 Å². The lowest BCUT2D eigenvalue weighted by atomic mass is 9.92. The van der Waals surface area contributed by atoms with Gasteiger partial charge in [-0.3, -0.25) is 4.79 Å². The van der Waals surface area contributed by atoms with E-state index in [9.17, 15) is 14.1 Å². The molecular formula is C42H36N2O5S. The first-order valence-corrected chi connectivity index (χ1v) is 18.4. The van der Waals surface area contributed by atoms with Crippen molar-refractivity contribution in [2.45, 2.75) is 37.0 Å². The van der Waals surface area contributed by atoms with Gasteiger partial charge in [0.05, 0.1) is 10.8 Å². The molecule has 3 aliphatic heterocycles. The molecule has 250 valence electrons. The molecule has 5 aromatic rings. The highest BCUT2D eigenvalue weighted by Crippen LogP contribution is 2.43. The number of hydrogen-bond acceptors (Lipinski definition) is 6. The Kier molecular flexibility index (Phi) is 7.87. The molecule has 0 amide bonds. The molecule has 1 saturated heterocycles. The zero-order valence-corrected chi connectivity index (χ0v) is 28.3. The van der Waals surface area contributed by atoms with Gasteiger partial charge < -0.3 is 14.7 Å². The van der Waals surface area contributed by atoms with Gasteiger partial charge in [0.2, 0.25) is 11.1 Å². The number of carbonyl (C=O) groups is 1. The van der Waals surface area contributed by atoms with Crippen LogP contribution in [0.3, 0.4) is 0 Å². The van der Waals surface area contributed by atoms with Crippen LogP contribution < -0.4 is 20.1 Å². The number of aryl methyl sites for hydroxylation is 1. The number of hydroxylamine groups is 2. The van der Waals surface area contributed by atoms with Gasteiger partial charge in [0.25, 0.3) is 0 Å². The first-order valence-electron chi connectivity index (χ1n) is 17.3. The van der Waals surface area contributed by atoms with Crippen molar-refractivity contribution in [2.24, 2.45) is 5.92 Å². The fourth-order valence-electron chi connectivity index (χ4n) is 7.99. The maximum absolute atomic E-state index is 14.0. The zero-order chi connectivity index (χ0) is 33.8. The fourth-order valence-corrected chi connectivity index (χ4v) is 8.95. The third-order valence-electron chi connectivity index (χ3n) is 10.6. The molecule has 9 rings (SSSR count). The minimum Gasteiger partial charge on any atom is -0.481 e. The van der Waals surface area contributed by atoms with Crippen LogP contribution in [0.2, 0.25) is 0 Å². The lowest BCUT2D eigenvalue weighted by Crippen LogP contribution is -2.36. The van der Waals surface area contributed by atoms with Gasteiger partial charge in [-0.05, 0) is 96.0 Å². The predicted molar refractivity (Wildman–Crippen MR) is 194 cm³/mol. The van der Waals surface area contributed by atoms with Crippen molar-refractivity contribution in [2.75, 3.05) is 24.5 Å². The molecule has 1 aliphatic carbocycles. The number of aliphatic carboxylic acids is 1. The van der Waals surface area contributed by atoms with Crippen molar-refractivity contribution < 1.29 is 23.1 Å². The quantitative estimate of drug-likeness (QED) is 0.212. The number of hydrogen-bond donors (Lipinski definition) is 1. The second-order valence-corrected chi connectivity index (χ2v) is 14.4. The van der Waals surface area contributed by atoms with E-state index in [4.69, 9.17) is 9.02 Å². The molecule has 8 heteroatoms. The lowest BCUT2D eigenvalue weighted by molar-refractivity contribution is -0.146. The van der Waals surface area contributed by atoms with Crippen LogP contribution in [0.1, 0.15) is 47.1 Å². The number of nitrogens with zero attached hydrogens (tertiary/aromatic N) is 2. The molecule has 1 unspecified atom stereocenters. The van der Waals surface area contributed by atoms with Gasteiger partial charge in [-0.1, -0.05) is 66.7 Å². The monoisotopic (exact) mass is 680 g/mol. The largest absolute Gasteiger partial charge is 0.481 e. The average molecular weight is 681 g/mol. The molecule has 5 aromatic carbocycles. The number of carboxylic acids is 1. The number of rotatable bonds is 6. The fraction of sp³-hybridized carbons (Fsp3) is 0.214. The molecule has 1 atom stereocenters. The standard InChI is InChI=1S/C42H36N2O5S/c45-42(46)29-19-22-43(23-20-29)49-50(47)40-12-6-4-10-36(40)41-34-17-14-30(33-16-13-27-7-1-3-9-32(27)33)25-38(34)48-39-26-31(15-18-35(39)41)44-24-21-28-8-2-5-11-37(28)44/h1-12,14-15,17-18,25-26,29H,13,16,19-24H2,(H,45,46)/b33-30+. The second kappa shape index (κ2) is 12.7. The number of anilines is 2. The SMILES string of the molecule is O=C(O)C1CCN(OS(=O)c2ccccc2C2=c3cc/c(=C4/CCc5ccccc54)cc3Oc3cc(N4CCc5ccccc54)ccc32)CC1. The van der Waals surface area contributed by atoms with Crippen LogP contribution >= 0.6 is 0 Å². The van der Waals surface area contributed by atoms with E-state index in [0.717, 1.165) is 70.1 Å². The van der Waals surface area contributed by atoms with Gasteiger partial charge in [0.15, 0.2) is 0 Å². The van der Waals surface area contributed by atoms with Crippen LogP contribution in [0.25, 0.3) is 11.1 Å². The summed E-state index contributed by atoms with van der Waals surface area (Å²) in [6, 6.07) is 37.8. The number of benzene rings is 5. The minimum absolute atomic E-state index is 0.402. The van der Waals surface area contributed by atoms with Crippen molar-refractivity contribution in [3.8, 4) is 11.5 Å². The summed E-state index contributed by atoms with van der Waals surface area (Å²) in [4.78, 5) is 14.4. The molecule has 1 N–H and O–H groups in total. The van der Waals surface area contributed by atoms with E-state index in [0.29, 0.717) is 30.8 Å². The predicted octanol–water partition coefficient (Wildman–Crippen LogP) is 6.63. The summed E-state index contributed by atoms with van der Waals surface area (Å²) in [7, 11) is 0. The maximum Gasteiger partial charge on any atom is 0.306 e. The summed E-state index contributed by atoms with van der Waals surface area (Å²) < 4.78 is 26.8. The summed E-state index contributed by atoms with van der Waals surface area (Å²) in [5.41, 5.74) is 10.3. The summed E-state index contributed by atoms with van der Waals surface area (Å²) in [5.74, 6) is 0.319. The van der Waals surface area contributed by atoms with Gasteiger partial charge in [0, 0.05) is 59.0 Å². The van der Waals surface area contributed by atoms with Crippen molar-refractivity contribution in [1.29, 1.82) is 0 Å². The Bertz CT molecular complexity index is 2330. The van der Waals surface area contributed by atoms with E-state index < -0.39 is 23.0 Å². The third kappa shape index (κ3) is 5.44.